The van der Waals surface area contributed by atoms with Crippen molar-refractivity contribution in [2.75, 3.05) is 16.3 Å². The van der Waals surface area contributed by atoms with Crippen molar-refractivity contribution in [2.45, 2.75) is 42.0 Å². The Bertz CT molecular complexity index is 1540. The Morgan fingerprint density at radius 1 is 0.857 bits per heavy atom. The van der Waals surface area contributed by atoms with E-state index >= 15 is 0 Å². The summed E-state index contributed by atoms with van der Waals surface area (Å²) in [4.78, 5) is 0.524. The summed E-state index contributed by atoms with van der Waals surface area (Å²) in [5.74, 6) is 0.278. The summed E-state index contributed by atoms with van der Waals surface area (Å²) >= 11 is 0. The van der Waals surface area contributed by atoms with Gasteiger partial charge in [0.15, 0.2) is 9.84 Å². The molecule has 35 heavy (non-hydrogen) atoms. The van der Waals surface area contributed by atoms with Crippen LogP contribution in [-0.4, -0.2) is 23.1 Å². The fourth-order valence-electron chi connectivity index (χ4n) is 5.01. The number of sulfone groups is 1. The molecular formula is C27H28N2O4S2. The summed E-state index contributed by atoms with van der Waals surface area (Å²) < 4.78 is 52.8. The molecule has 1 heterocycles. The van der Waals surface area contributed by atoms with E-state index in [1.807, 2.05) is 44.2 Å². The van der Waals surface area contributed by atoms with E-state index in [2.05, 4.69) is 22.2 Å². The number of aryl methyl sites for hydroxylation is 2. The number of benzene rings is 3. The quantitative estimate of drug-likeness (QED) is 0.454. The van der Waals surface area contributed by atoms with Crippen molar-refractivity contribution < 1.29 is 16.8 Å². The Labute approximate surface area is 207 Å². The zero-order valence-electron chi connectivity index (χ0n) is 19.8. The molecule has 0 saturated heterocycles. The van der Waals surface area contributed by atoms with Crippen LogP contribution in [0.2, 0.25) is 0 Å². The summed E-state index contributed by atoms with van der Waals surface area (Å²) in [6, 6.07) is 17.7. The highest BCUT2D eigenvalue weighted by Gasteiger charge is 2.38. The van der Waals surface area contributed by atoms with Crippen LogP contribution in [0.4, 0.5) is 11.4 Å². The van der Waals surface area contributed by atoms with Crippen LogP contribution in [0.25, 0.3) is 0 Å². The second kappa shape index (κ2) is 8.53. The van der Waals surface area contributed by atoms with E-state index in [-0.39, 0.29) is 22.8 Å². The molecule has 8 heteroatoms. The maximum atomic E-state index is 13.2. The van der Waals surface area contributed by atoms with Crippen LogP contribution in [0.15, 0.2) is 82.6 Å². The number of sulfonamides is 1. The zero-order valence-corrected chi connectivity index (χ0v) is 21.4. The van der Waals surface area contributed by atoms with Gasteiger partial charge in [-0.2, -0.15) is 0 Å². The van der Waals surface area contributed by atoms with Crippen LogP contribution >= 0.6 is 0 Å². The summed E-state index contributed by atoms with van der Waals surface area (Å²) in [7, 11) is -7.01. The summed E-state index contributed by atoms with van der Waals surface area (Å²) in [6.07, 6.45) is 6.34. The first-order valence-corrected chi connectivity index (χ1v) is 14.9. The van der Waals surface area contributed by atoms with Crippen LogP contribution in [0.1, 0.15) is 40.6 Å². The van der Waals surface area contributed by atoms with Crippen molar-refractivity contribution in [3.05, 3.63) is 95.1 Å². The van der Waals surface area contributed by atoms with Gasteiger partial charge in [-0.3, -0.25) is 4.72 Å². The average Bonchev–Trinajstić information content (AvgIpc) is 3.30. The van der Waals surface area contributed by atoms with Gasteiger partial charge in [0.2, 0.25) is 0 Å². The van der Waals surface area contributed by atoms with Crippen molar-refractivity contribution in [1.29, 1.82) is 0 Å². The molecule has 2 aliphatic rings. The van der Waals surface area contributed by atoms with Crippen LogP contribution < -0.4 is 10.0 Å². The lowest BCUT2D eigenvalue weighted by atomic mass is 9.77. The van der Waals surface area contributed by atoms with E-state index in [1.165, 1.54) is 6.26 Å². The predicted octanol–water partition coefficient (Wildman–Crippen LogP) is 5.33. The van der Waals surface area contributed by atoms with E-state index < -0.39 is 19.9 Å². The number of allylic oxidation sites excluding steroid dienone is 2. The largest absolute Gasteiger partial charge is 0.378 e. The molecule has 3 unspecified atom stereocenters. The molecule has 1 aliphatic heterocycles. The fourth-order valence-corrected chi connectivity index (χ4v) is 6.73. The van der Waals surface area contributed by atoms with Crippen molar-refractivity contribution >= 4 is 31.2 Å². The first-order valence-electron chi connectivity index (χ1n) is 11.5. The molecule has 3 atom stereocenters. The van der Waals surface area contributed by atoms with Gasteiger partial charge in [0.25, 0.3) is 10.0 Å². The van der Waals surface area contributed by atoms with Gasteiger partial charge in [-0.15, -0.1) is 0 Å². The first kappa shape index (κ1) is 23.6. The summed E-state index contributed by atoms with van der Waals surface area (Å²) in [6.45, 7) is 3.94. The van der Waals surface area contributed by atoms with Crippen LogP contribution in [0.5, 0.6) is 0 Å². The van der Waals surface area contributed by atoms with Crippen LogP contribution in [0.3, 0.4) is 0 Å². The van der Waals surface area contributed by atoms with Crippen LogP contribution in [-0.2, 0) is 19.9 Å². The second-order valence-corrected chi connectivity index (χ2v) is 13.2. The molecule has 3 aromatic rings. The second-order valence-electron chi connectivity index (χ2n) is 9.47. The molecule has 2 N–H and O–H groups in total. The molecule has 0 saturated carbocycles. The van der Waals surface area contributed by atoms with Gasteiger partial charge in [0, 0.05) is 23.5 Å². The van der Waals surface area contributed by atoms with Crippen molar-refractivity contribution in [3.63, 3.8) is 0 Å². The Hall–Kier alpha value is -3.10. The molecule has 5 rings (SSSR count). The Kier molecular flexibility index (Phi) is 5.76. The lowest BCUT2D eigenvalue weighted by Crippen LogP contribution is -2.29. The molecular weight excluding hydrogens is 480 g/mol. The highest BCUT2D eigenvalue weighted by Crippen LogP contribution is 2.50. The highest BCUT2D eigenvalue weighted by molar-refractivity contribution is 7.92. The third kappa shape index (κ3) is 4.48. The lowest BCUT2D eigenvalue weighted by Gasteiger charge is -2.37. The van der Waals surface area contributed by atoms with E-state index in [0.29, 0.717) is 10.6 Å². The molecule has 0 radical (unpaired) electrons. The van der Waals surface area contributed by atoms with Gasteiger partial charge in [0.1, 0.15) is 0 Å². The number of fused-ring (bicyclic) bond motifs is 3. The van der Waals surface area contributed by atoms with Gasteiger partial charge in [-0.1, -0.05) is 30.4 Å². The van der Waals surface area contributed by atoms with Gasteiger partial charge < -0.3 is 5.32 Å². The summed E-state index contributed by atoms with van der Waals surface area (Å²) in [5, 5.41) is 3.58. The minimum Gasteiger partial charge on any atom is -0.378 e. The number of nitrogens with one attached hydrogen (secondary N) is 2. The van der Waals surface area contributed by atoms with E-state index in [9.17, 15) is 16.8 Å². The van der Waals surface area contributed by atoms with E-state index in [1.54, 1.807) is 30.3 Å². The standard InChI is InChI=1S/C27H28N2O4S2/c1-17-7-10-20(15-18(17)2)29-35(32,33)22-13-14-26-25(16-22)23-5-4-6-24(23)27(28-26)19-8-11-21(12-9-19)34(3,30)31/h4-5,7-16,23-24,27-29H,6H2,1-3H3. The average molecular weight is 509 g/mol. The van der Waals surface area contributed by atoms with E-state index in [0.717, 1.165) is 34.4 Å². The molecule has 0 fully saturated rings. The van der Waals surface area contributed by atoms with Crippen LogP contribution in [0, 0.1) is 19.8 Å². The monoisotopic (exact) mass is 508 g/mol. The van der Waals surface area contributed by atoms with E-state index in [4.69, 9.17) is 0 Å². The Morgan fingerprint density at radius 2 is 1.57 bits per heavy atom. The number of hydrogen-bond acceptors (Lipinski definition) is 5. The smallest absolute Gasteiger partial charge is 0.261 e. The molecule has 0 spiro atoms. The third-order valence-electron chi connectivity index (χ3n) is 7.07. The normalized spacial score (nSPS) is 21.2. The molecule has 3 aromatic carbocycles. The molecule has 1 aliphatic carbocycles. The van der Waals surface area contributed by atoms with Gasteiger partial charge in [-0.25, -0.2) is 16.8 Å². The lowest BCUT2D eigenvalue weighted by molar-refractivity contribution is 0.425. The van der Waals surface area contributed by atoms with Gasteiger partial charge in [0.05, 0.1) is 15.8 Å². The maximum Gasteiger partial charge on any atom is 0.261 e. The molecule has 182 valence electrons. The number of anilines is 2. The zero-order chi connectivity index (χ0) is 25.0. The predicted molar refractivity (Wildman–Crippen MR) is 139 cm³/mol. The topological polar surface area (TPSA) is 92.3 Å². The molecule has 0 amide bonds. The molecule has 6 nitrogen and oxygen atoms in total. The van der Waals surface area contributed by atoms with Crippen molar-refractivity contribution in [2.24, 2.45) is 5.92 Å². The Balaban J connectivity index is 1.46. The third-order valence-corrected chi connectivity index (χ3v) is 9.58. The highest BCUT2D eigenvalue weighted by atomic mass is 32.2. The minimum atomic E-state index is -3.75. The van der Waals surface area contributed by atoms with Gasteiger partial charge in [-0.05, 0) is 90.9 Å². The van der Waals surface area contributed by atoms with Gasteiger partial charge >= 0.3 is 0 Å². The number of rotatable bonds is 5. The fraction of sp³-hybridized carbons (Fsp3) is 0.259. The first-order chi connectivity index (χ1) is 16.5. The maximum absolute atomic E-state index is 13.2. The minimum absolute atomic E-state index is 0.00720. The van der Waals surface area contributed by atoms with Crippen molar-refractivity contribution in [1.82, 2.24) is 0 Å². The SMILES string of the molecule is Cc1ccc(NS(=O)(=O)c2ccc3c(c2)C2C=CCC2C(c2ccc(S(C)(=O)=O)cc2)N3)cc1C. The number of hydrogen-bond donors (Lipinski definition) is 2. The Morgan fingerprint density at radius 3 is 2.26 bits per heavy atom. The molecule has 0 aromatic heterocycles. The van der Waals surface area contributed by atoms with Crippen molar-refractivity contribution in [3.8, 4) is 0 Å². The summed E-state index contributed by atoms with van der Waals surface area (Å²) in [5.41, 5.74) is 5.52. The molecule has 0 bridgehead atoms.